The van der Waals surface area contributed by atoms with Crippen molar-refractivity contribution in [1.82, 2.24) is 9.88 Å². The van der Waals surface area contributed by atoms with Crippen LogP contribution >= 0.6 is 46.1 Å². The Morgan fingerprint density at radius 2 is 1.83 bits per heavy atom. The highest BCUT2D eigenvalue weighted by atomic mass is 35.5. The predicted octanol–water partition coefficient (Wildman–Crippen LogP) is 4.82. The number of hydrogen-bond donors (Lipinski definition) is 1. The maximum Gasteiger partial charge on any atom is 0.186 e. The van der Waals surface area contributed by atoms with Crippen LogP contribution in [0.3, 0.4) is 0 Å². The third kappa shape index (κ3) is 5.26. The fourth-order valence-electron chi connectivity index (χ4n) is 3.25. The molecule has 1 unspecified atom stereocenters. The number of aliphatic hydroxyl groups is 1. The lowest BCUT2D eigenvalue weighted by atomic mass is 10.2. The van der Waals surface area contributed by atoms with Gasteiger partial charge in [0.1, 0.15) is 18.5 Å². The lowest BCUT2D eigenvalue weighted by Gasteiger charge is -2.35. The predicted molar refractivity (Wildman–Crippen MR) is 121 cm³/mol. The summed E-state index contributed by atoms with van der Waals surface area (Å²) >= 11 is 19.6. The van der Waals surface area contributed by atoms with Crippen LogP contribution in [-0.4, -0.2) is 60.4 Å². The van der Waals surface area contributed by atoms with E-state index in [0.29, 0.717) is 22.3 Å². The number of β-amino-alcohol motifs (C(OH)–C–C–N with tert-alkyl or cyclic N) is 1. The molecule has 0 aliphatic carbocycles. The van der Waals surface area contributed by atoms with Crippen LogP contribution in [0.15, 0.2) is 36.4 Å². The molecule has 154 valence electrons. The number of anilines is 1. The molecule has 0 amide bonds. The number of benzene rings is 2. The number of piperazine rings is 1. The van der Waals surface area contributed by atoms with E-state index in [2.05, 4.69) is 9.80 Å². The van der Waals surface area contributed by atoms with Crippen molar-refractivity contribution in [3.8, 4) is 5.75 Å². The minimum absolute atomic E-state index is 0.205. The van der Waals surface area contributed by atoms with Gasteiger partial charge in [-0.1, -0.05) is 46.1 Å². The summed E-state index contributed by atoms with van der Waals surface area (Å²) < 4.78 is 6.73. The van der Waals surface area contributed by atoms with Crippen LogP contribution in [0.5, 0.6) is 5.75 Å². The normalized spacial score (nSPS) is 16.3. The van der Waals surface area contributed by atoms with Gasteiger partial charge in [0, 0.05) is 43.8 Å². The highest BCUT2D eigenvalue weighted by Gasteiger charge is 2.22. The molecule has 29 heavy (non-hydrogen) atoms. The van der Waals surface area contributed by atoms with Gasteiger partial charge in [0.25, 0.3) is 0 Å². The maximum absolute atomic E-state index is 10.3. The first-order valence-electron chi connectivity index (χ1n) is 9.27. The van der Waals surface area contributed by atoms with Crippen LogP contribution in [0.1, 0.15) is 0 Å². The molecule has 1 aliphatic heterocycles. The van der Waals surface area contributed by atoms with Crippen LogP contribution < -0.4 is 9.64 Å². The van der Waals surface area contributed by atoms with Crippen LogP contribution in [0.2, 0.25) is 15.1 Å². The fraction of sp³-hybridized carbons (Fsp3) is 0.350. The molecule has 0 radical (unpaired) electrons. The van der Waals surface area contributed by atoms with Crippen molar-refractivity contribution in [2.75, 3.05) is 44.2 Å². The smallest absolute Gasteiger partial charge is 0.186 e. The Labute approximate surface area is 188 Å². The van der Waals surface area contributed by atoms with Gasteiger partial charge in [0.2, 0.25) is 0 Å². The second-order valence-corrected chi connectivity index (χ2v) is 9.20. The van der Waals surface area contributed by atoms with Crippen molar-refractivity contribution in [2.45, 2.75) is 6.10 Å². The standard InChI is InChI=1S/C20H20Cl3N3O2S/c21-13-1-4-18-19(9-13)29-20(24-18)26-7-5-25(6-8-26)11-14(27)12-28-15-2-3-16(22)17(23)10-15/h1-4,9-10,14,27H,5-8,11-12H2. The SMILES string of the molecule is OC(COc1ccc(Cl)c(Cl)c1)CN1CCN(c2nc3ccc(Cl)cc3s2)CC1. The van der Waals surface area contributed by atoms with E-state index in [9.17, 15) is 5.11 Å². The van der Waals surface area contributed by atoms with E-state index in [1.807, 2.05) is 18.2 Å². The number of nitrogens with zero attached hydrogens (tertiary/aromatic N) is 3. The summed E-state index contributed by atoms with van der Waals surface area (Å²) in [6.07, 6.45) is -0.583. The van der Waals surface area contributed by atoms with Gasteiger partial charge >= 0.3 is 0 Å². The first-order valence-corrected chi connectivity index (χ1v) is 11.2. The van der Waals surface area contributed by atoms with Crippen molar-refractivity contribution >= 4 is 61.5 Å². The van der Waals surface area contributed by atoms with Crippen molar-refractivity contribution in [2.24, 2.45) is 0 Å². The molecular weight excluding hydrogens is 453 g/mol. The molecular formula is C20H20Cl3N3O2S. The average molecular weight is 473 g/mol. The molecule has 0 bridgehead atoms. The Morgan fingerprint density at radius 1 is 1.03 bits per heavy atom. The van der Waals surface area contributed by atoms with Gasteiger partial charge in [0.15, 0.2) is 5.13 Å². The Morgan fingerprint density at radius 3 is 2.59 bits per heavy atom. The van der Waals surface area contributed by atoms with Crippen LogP contribution in [0.25, 0.3) is 10.2 Å². The maximum atomic E-state index is 10.3. The van der Waals surface area contributed by atoms with Crippen molar-refractivity contribution in [3.05, 3.63) is 51.5 Å². The molecule has 3 aromatic rings. The molecule has 1 atom stereocenters. The van der Waals surface area contributed by atoms with Crippen molar-refractivity contribution in [3.63, 3.8) is 0 Å². The highest BCUT2D eigenvalue weighted by molar-refractivity contribution is 7.22. The molecule has 0 saturated carbocycles. The number of hydrogen-bond acceptors (Lipinski definition) is 6. The number of thiazole rings is 1. The largest absolute Gasteiger partial charge is 0.491 e. The summed E-state index contributed by atoms with van der Waals surface area (Å²) in [6, 6.07) is 10.9. The van der Waals surface area contributed by atoms with Crippen molar-refractivity contribution < 1.29 is 9.84 Å². The Bertz CT molecular complexity index is 992. The van der Waals surface area contributed by atoms with Crippen molar-refractivity contribution in [1.29, 1.82) is 0 Å². The van der Waals surface area contributed by atoms with E-state index >= 15 is 0 Å². The molecule has 2 heterocycles. The topological polar surface area (TPSA) is 48.8 Å². The number of ether oxygens (including phenoxy) is 1. The van der Waals surface area contributed by atoms with Crippen LogP contribution in [-0.2, 0) is 0 Å². The molecule has 9 heteroatoms. The molecule has 1 aromatic heterocycles. The number of aromatic nitrogens is 1. The van der Waals surface area contributed by atoms with E-state index in [1.165, 1.54) is 0 Å². The third-order valence-corrected chi connectivity index (χ3v) is 6.84. The highest BCUT2D eigenvalue weighted by Crippen LogP contribution is 2.31. The lowest BCUT2D eigenvalue weighted by Crippen LogP contribution is -2.49. The van der Waals surface area contributed by atoms with E-state index in [0.717, 1.165) is 46.5 Å². The molecule has 1 N–H and O–H groups in total. The van der Waals surface area contributed by atoms with Crippen LogP contribution in [0.4, 0.5) is 5.13 Å². The van der Waals surface area contributed by atoms with Gasteiger partial charge in [0.05, 0.1) is 20.3 Å². The van der Waals surface area contributed by atoms with Gasteiger partial charge in [-0.2, -0.15) is 0 Å². The van der Waals surface area contributed by atoms with E-state index in [-0.39, 0.29) is 6.61 Å². The van der Waals surface area contributed by atoms with Gasteiger partial charge in [-0.3, -0.25) is 4.90 Å². The number of fused-ring (bicyclic) bond motifs is 1. The Hall–Kier alpha value is -1.28. The molecule has 1 saturated heterocycles. The van der Waals surface area contributed by atoms with Gasteiger partial charge in [-0.15, -0.1) is 0 Å². The molecule has 1 aliphatic rings. The minimum atomic E-state index is -0.583. The Balaban J connectivity index is 1.26. The summed E-state index contributed by atoms with van der Waals surface area (Å²) in [6.45, 7) is 4.23. The second kappa shape index (κ2) is 9.25. The minimum Gasteiger partial charge on any atom is -0.491 e. The third-order valence-electron chi connectivity index (χ3n) is 4.78. The number of halogens is 3. The summed E-state index contributed by atoms with van der Waals surface area (Å²) in [5, 5.41) is 13.0. The first kappa shape index (κ1) is 21.0. The fourth-order valence-corrected chi connectivity index (χ4v) is 4.83. The first-order chi connectivity index (χ1) is 14.0. The van der Waals surface area contributed by atoms with E-state index in [4.69, 9.17) is 44.5 Å². The molecule has 4 rings (SSSR count). The molecule has 0 spiro atoms. The molecule has 2 aromatic carbocycles. The summed E-state index contributed by atoms with van der Waals surface area (Å²) in [5.41, 5.74) is 0.978. The zero-order chi connectivity index (χ0) is 20.4. The zero-order valence-electron chi connectivity index (χ0n) is 15.5. The quantitative estimate of drug-likeness (QED) is 0.557. The summed E-state index contributed by atoms with van der Waals surface area (Å²) in [7, 11) is 0. The Kier molecular flexibility index (Phi) is 6.69. The molecule has 5 nitrogen and oxygen atoms in total. The van der Waals surface area contributed by atoms with Gasteiger partial charge < -0.3 is 14.7 Å². The lowest BCUT2D eigenvalue weighted by molar-refractivity contribution is 0.0663. The zero-order valence-corrected chi connectivity index (χ0v) is 18.6. The summed E-state index contributed by atoms with van der Waals surface area (Å²) in [4.78, 5) is 9.24. The van der Waals surface area contributed by atoms with Gasteiger partial charge in [-0.25, -0.2) is 4.98 Å². The monoisotopic (exact) mass is 471 g/mol. The number of aliphatic hydroxyl groups excluding tert-OH is 1. The van der Waals surface area contributed by atoms with E-state index < -0.39 is 6.10 Å². The molecule has 1 fully saturated rings. The van der Waals surface area contributed by atoms with E-state index in [1.54, 1.807) is 29.5 Å². The van der Waals surface area contributed by atoms with Gasteiger partial charge in [-0.05, 0) is 30.3 Å². The average Bonchev–Trinajstić information content (AvgIpc) is 3.12. The van der Waals surface area contributed by atoms with Crippen LogP contribution in [0, 0.1) is 0 Å². The number of rotatable bonds is 6. The summed E-state index contributed by atoms with van der Waals surface area (Å²) in [5.74, 6) is 0.596. The second-order valence-electron chi connectivity index (χ2n) is 6.94.